The normalized spacial score (nSPS) is 11.1. The molecule has 0 radical (unpaired) electrons. The zero-order valence-electron chi connectivity index (χ0n) is 12.7. The fourth-order valence-electron chi connectivity index (χ4n) is 2.09. The van der Waals surface area contributed by atoms with Gasteiger partial charge in [-0.15, -0.1) is 0 Å². The molecule has 2 aromatic carbocycles. The highest BCUT2D eigenvalue weighted by Crippen LogP contribution is 2.48. The van der Waals surface area contributed by atoms with Gasteiger partial charge in [-0.3, -0.25) is 30.3 Å². The molecule has 0 aliphatic heterocycles. The second kappa shape index (κ2) is 7.03. The number of rotatable bonds is 5. The second-order valence-electron chi connectivity index (χ2n) is 4.92. The lowest BCUT2D eigenvalue weighted by Gasteiger charge is -2.13. The predicted molar refractivity (Wildman–Crippen MR) is 86.1 cm³/mol. The van der Waals surface area contributed by atoms with Crippen molar-refractivity contribution in [2.24, 2.45) is 0 Å². The van der Waals surface area contributed by atoms with E-state index < -0.39 is 48.6 Å². The summed E-state index contributed by atoms with van der Waals surface area (Å²) in [5.74, 6) is 0. The van der Waals surface area contributed by atoms with Crippen LogP contribution in [0, 0.1) is 30.3 Å². The van der Waals surface area contributed by atoms with Crippen LogP contribution in [0.5, 0.6) is 0 Å². The molecule has 0 atom stereocenters. The Bertz CT molecular complexity index is 949. The Hall–Kier alpha value is -3.48. The molecule has 0 fully saturated rings. The van der Waals surface area contributed by atoms with Gasteiger partial charge in [0.05, 0.1) is 20.3 Å². The molecule has 1 N–H and O–H groups in total. The predicted octanol–water partition coefficient (Wildman–Crippen LogP) is 4.83. The molecule has 0 unspecified atom stereocenters. The average molecular weight is 407 g/mol. The first-order valence-electron chi connectivity index (χ1n) is 6.67. The van der Waals surface area contributed by atoms with Crippen molar-refractivity contribution in [3.63, 3.8) is 0 Å². The molecule has 14 heteroatoms. The summed E-state index contributed by atoms with van der Waals surface area (Å²) in [5.41, 5.74) is -5.64. The zero-order valence-corrected chi connectivity index (χ0v) is 13.4. The maximum Gasteiger partial charge on any atom is 0.418 e. The summed E-state index contributed by atoms with van der Waals surface area (Å²) >= 11 is 5.49. The molecule has 0 aromatic heterocycles. The van der Waals surface area contributed by atoms with E-state index in [9.17, 15) is 43.5 Å². The molecular weight excluding hydrogens is 401 g/mol. The Balaban J connectivity index is 2.70. The minimum atomic E-state index is -5.17. The van der Waals surface area contributed by atoms with Gasteiger partial charge in [-0.1, -0.05) is 11.6 Å². The van der Waals surface area contributed by atoms with Crippen LogP contribution in [0.15, 0.2) is 30.3 Å². The van der Waals surface area contributed by atoms with Crippen LogP contribution in [0.2, 0.25) is 5.02 Å². The Morgan fingerprint density at radius 3 is 1.89 bits per heavy atom. The molecule has 0 spiro atoms. The minimum absolute atomic E-state index is 0.0725. The summed E-state index contributed by atoms with van der Waals surface area (Å²) in [6, 6.07) is 4.19. The van der Waals surface area contributed by atoms with Crippen LogP contribution in [0.4, 0.5) is 41.6 Å². The van der Waals surface area contributed by atoms with E-state index in [0.29, 0.717) is 0 Å². The van der Waals surface area contributed by atoms with Crippen LogP contribution in [-0.4, -0.2) is 14.8 Å². The Kier molecular flexibility index (Phi) is 5.16. The summed E-state index contributed by atoms with van der Waals surface area (Å²) in [5, 5.41) is 33.9. The highest BCUT2D eigenvalue weighted by molar-refractivity contribution is 6.34. The third-order valence-corrected chi connectivity index (χ3v) is 3.63. The first-order chi connectivity index (χ1) is 12.4. The van der Waals surface area contributed by atoms with Crippen molar-refractivity contribution in [3.05, 3.63) is 71.3 Å². The van der Waals surface area contributed by atoms with Crippen molar-refractivity contribution in [3.8, 4) is 0 Å². The van der Waals surface area contributed by atoms with Gasteiger partial charge in [0.1, 0.15) is 5.02 Å². The highest BCUT2D eigenvalue weighted by Gasteiger charge is 2.42. The number of nitro benzene ring substituents is 3. The van der Waals surface area contributed by atoms with Gasteiger partial charge in [0.2, 0.25) is 0 Å². The fourth-order valence-corrected chi connectivity index (χ4v) is 2.41. The van der Waals surface area contributed by atoms with E-state index in [0.717, 1.165) is 24.3 Å². The maximum absolute atomic E-state index is 13.0. The average Bonchev–Trinajstić information content (AvgIpc) is 2.53. The van der Waals surface area contributed by atoms with Crippen LogP contribution in [0.25, 0.3) is 0 Å². The lowest BCUT2D eigenvalue weighted by atomic mass is 10.1. The molecule has 0 aliphatic rings. The van der Waals surface area contributed by atoms with Gasteiger partial charge in [-0.2, -0.15) is 13.2 Å². The maximum atomic E-state index is 13.0. The minimum Gasteiger partial charge on any atom is -0.344 e. The summed E-state index contributed by atoms with van der Waals surface area (Å²) in [7, 11) is 0. The first-order valence-corrected chi connectivity index (χ1v) is 7.05. The van der Waals surface area contributed by atoms with Crippen molar-refractivity contribution in [2.75, 3.05) is 5.32 Å². The van der Waals surface area contributed by atoms with Gasteiger partial charge in [-0.05, 0) is 12.1 Å². The second-order valence-corrected chi connectivity index (χ2v) is 5.30. The van der Waals surface area contributed by atoms with Gasteiger partial charge in [0.25, 0.3) is 5.69 Å². The smallest absolute Gasteiger partial charge is 0.344 e. The van der Waals surface area contributed by atoms with Crippen LogP contribution in [-0.2, 0) is 6.18 Å². The molecule has 0 bridgehead atoms. The quantitative estimate of drug-likeness (QED) is 0.553. The number of anilines is 2. The molecule has 0 amide bonds. The Labute approximate surface area is 151 Å². The van der Waals surface area contributed by atoms with Crippen LogP contribution >= 0.6 is 11.6 Å². The number of nitrogens with zero attached hydrogens (tertiary/aromatic N) is 3. The van der Waals surface area contributed by atoms with Crippen LogP contribution in [0.3, 0.4) is 0 Å². The number of nitrogens with one attached hydrogen (secondary N) is 1. The van der Waals surface area contributed by atoms with Crippen molar-refractivity contribution in [1.29, 1.82) is 0 Å². The summed E-state index contributed by atoms with van der Waals surface area (Å²) < 4.78 is 39.0. The number of hydrogen-bond acceptors (Lipinski definition) is 7. The van der Waals surface area contributed by atoms with Crippen molar-refractivity contribution >= 4 is 40.0 Å². The molecule has 27 heavy (non-hydrogen) atoms. The van der Waals surface area contributed by atoms with Crippen LogP contribution < -0.4 is 5.32 Å². The van der Waals surface area contributed by atoms with Gasteiger partial charge >= 0.3 is 17.6 Å². The van der Waals surface area contributed by atoms with E-state index in [1.54, 1.807) is 0 Å². The van der Waals surface area contributed by atoms with Gasteiger partial charge in [0.15, 0.2) is 5.69 Å². The van der Waals surface area contributed by atoms with E-state index in [4.69, 9.17) is 11.6 Å². The van der Waals surface area contributed by atoms with Gasteiger partial charge in [-0.25, -0.2) is 0 Å². The third-order valence-electron chi connectivity index (χ3n) is 3.25. The summed E-state index contributed by atoms with van der Waals surface area (Å²) in [6.07, 6.45) is -5.17. The molecule has 2 rings (SSSR count). The molecular formula is C13H6ClF3N4O6. The number of alkyl halides is 3. The number of non-ortho nitro benzene ring substituents is 1. The molecule has 0 saturated carbocycles. The van der Waals surface area contributed by atoms with E-state index in [-0.39, 0.29) is 17.4 Å². The standard InChI is InChI=1S/C13H6ClF3N4O6/c14-10-8(13(15,16)17)5-9(20(24)25)11(12(10)21(26)27)18-6-1-3-7(4-2-6)19(22)23/h1-5,18H. The monoisotopic (exact) mass is 406 g/mol. The van der Waals surface area contributed by atoms with Gasteiger partial charge < -0.3 is 5.32 Å². The topological polar surface area (TPSA) is 141 Å². The largest absolute Gasteiger partial charge is 0.418 e. The molecule has 2 aromatic rings. The van der Waals surface area contributed by atoms with E-state index in [2.05, 4.69) is 5.32 Å². The molecule has 0 aliphatic carbocycles. The highest BCUT2D eigenvalue weighted by atomic mass is 35.5. The third kappa shape index (κ3) is 4.03. The summed E-state index contributed by atoms with van der Waals surface area (Å²) in [6.45, 7) is 0. The molecule has 142 valence electrons. The Morgan fingerprint density at radius 1 is 0.926 bits per heavy atom. The first kappa shape index (κ1) is 19.8. The zero-order chi connectivity index (χ0) is 20.5. The van der Waals surface area contributed by atoms with E-state index >= 15 is 0 Å². The molecule has 0 heterocycles. The number of halogens is 4. The summed E-state index contributed by atoms with van der Waals surface area (Å²) in [4.78, 5) is 29.7. The van der Waals surface area contributed by atoms with E-state index in [1.165, 1.54) is 0 Å². The molecule has 0 saturated heterocycles. The lowest BCUT2D eigenvalue weighted by Crippen LogP contribution is -2.11. The van der Waals surface area contributed by atoms with Crippen LogP contribution in [0.1, 0.15) is 5.56 Å². The van der Waals surface area contributed by atoms with Crippen molar-refractivity contribution in [1.82, 2.24) is 0 Å². The molecule has 10 nitrogen and oxygen atoms in total. The van der Waals surface area contributed by atoms with E-state index in [1.807, 2.05) is 0 Å². The number of nitro groups is 3. The lowest BCUT2D eigenvalue weighted by molar-refractivity contribution is -0.392. The van der Waals surface area contributed by atoms with Gasteiger partial charge in [0, 0.05) is 23.9 Å². The number of benzene rings is 2. The SMILES string of the molecule is O=[N+]([O-])c1ccc(Nc2c([N+](=O)[O-])cc(C(F)(F)F)c(Cl)c2[N+](=O)[O-])cc1. The Morgan fingerprint density at radius 2 is 1.48 bits per heavy atom. The van der Waals surface area contributed by atoms with Crippen molar-refractivity contribution in [2.45, 2.75) is 6.18 Å². The number of hydrogen-bond donors (Lipinski definition) is 1. The fraction of sp³-hybridized carbons (Fsp3) is 0.0769. The van der Waals surface area contributed by atoms with Crippen molar-refractivity contribution < 1.29 is 27.9 Å².